The van der Waals surface area contributed by atoms with E-state index in [9.17, 15) is 8.42 Å². The molecule has 6 nitrogen and oxygen atoms in total. The molecule has 1 aromatic heterocycles. The van der Waals surface area contributed by atoms with Crippen LogP contribution in [0.25, 0.3) is 0 Å². The number of hydrogen-bond donors (Lipinski definition) is 1. The van der Waals surface area contributed by atoms with Crippen molar-refractivity contribution in [3.8, 4) is 5.75 Å². The van der Waals surface area contributed by atoms with Crippen LogP contribution in [0.1, 0.15) is 18.3 Å². The van der Waals surface area contributed by atoms with Crippen molar-refractivity contribution in [2.24, 2.45) is 5.14 Å². The number of ether oxygens (including phenoxy) is 1. The molecule has 1 heterocycles. The first kappa shape index (κ1) is 15.5. The summed E-state index contributed by atoms with van der Waals surface area (Å²) in [4.78, 5) is 4.07. The van der Waals surface area contributed by atoms with E-state index in [-0.39, 0.29) is 5.03 Å². The third-order valence-electron chi connectivity index (χ3n) is 3.25. The van der Waals surface area contributed by atoms with Crippen molar-refractivity contribution < 1.29 is 13.2 Å². The van der Waals surface area contributed by atoms with Gasteiger partial charge in [-0.15, -0.1) is 0 Å². The van der Waals surface area contributed by atoms with Crippen molar-refractivity contribution in [2.75, 3.05) is 7.11 Å². The molecule has 0 spiro atoms. The molecule has 1 aromatic carbocycles. The third-order valence-corrected chi connectivity index (χ3v) is 4.02. The van der Waals surface area contributed by atoms with Crippen LogP contribution in [0.3, 0.4) is 0 Å². The van der Waals surface area contributed by atoms with Gasteiger partial charge < -0.3 is 9.30 Å². The van der Waals surface area contributed by atoms with Crippen LogP contribution in [0.5, 0.6) is 5.75 Å². The summed E-state index contributed by atoms with van der Waals surface area (Å²) in [7, 11) is -2.13. The number of aryl methyl sites for hydroxylation is 3. The fourth-order valence-corrected chi connectivity index (χ4v) is 2.59. The highest BCUT2D eigenvalue weighted by molar-refractivity contribution is 7.89. The summed E-state index contributed by atoms with van der Waals surface area (Å²) in [5.74, 6) is 1.53. The van der Waals surface area contributed by atoms with Gasteiger partial charge in [-0.25, -0.2) is 18.5 Å². The van der Waals surface area contributed by atoms with Gasteiger partial charge in [0.25, 0.3) is 10.0 Å². The van der Waals surface area contributed by atoms with E-state index in [4.69, 9.17) is 9.88 Å². The number of nitrogens with zero attached hydrogens (tertiary/aromatic N) is 2. The Morgan fingerprint density at radius 3 is 2.48 bits per heavy atom. The maximum absolute atomic E-state index is 11.3. The van der Waals surface area contributed by atoms with Crippen molar-refractivity contribution >= 4 is 10.0 Å². The lowest BCUT2D eigenvalue weighted by atomic mass is 10.1. The summed E-state index contributed by atoms with van der Waals surface area (Å²) < 4.78 is 29.6. The maximum Gasteiger partial charge on any atom is 0.257 e. The molecule has 0 bridgehead atoms. The molecule has 0 amide bonds. The highest BCUT2D eigenvalue weighted by Gasteiger charge is 2.15. The van der Waals surface area contributed by atoms with Crippen LogP contribution in [0.15, 0.2) is 35.5 Å². The fourth-order valence-electron chi connectivity index (χ4n) is 2.08. The number of primary sulfonamides is 1. The Morgan fingerprint density at radius 2 is 1.95 bits per heavy atom. The van der Waals surface area contributed by atoms with Crippen LogP contribution in [-0.2, 0) is 29.4 Å². The van der Waals surface area contributed by atoms with E-state index in [2.05, 4.69) is 4.98 Å². The van der Waals surface area contributed by atoms with Crippen LogP contribution in [0.4, 0.5) is 0 Å². The van der Waals surface area contributed by atoms with Gasteiger partial charge in [-0.1, -0.05) is 19.1 Å². The molecule has 0 saturated carbocycles. The van der Waals surface area contributed by atoms with E-state index >= 15 is 0 Å². The first-order chi connectivity index (χ1) is 9.94. The molecule has 0 saturated heterocycles. The topological polar surface area (TPSA) is 87.2 Å². The third kappa shape index (κ3) is 3.83. The van der Waals surface area contributed by atoms with Crippen molar-refractivity contribution in [1.82, 2.24) is 9.55 Å². The van der Waals surface area contributed by atoms with Crippen molar-refractivity contribution in [3.63, 3.8) is 0 Å². The minimum absolute atomic E-state index is 0.0749. The van der Waals surface area contributed by atoms with E-state index in [0.717, 1.165) is 17.7 Å². The van der Waals surface area contributed by atoms with E-state index in [1.165, 1.54) is 6.20 Å². The molecular formula is C14H19N3O3S. The zero-order chi connectivity index (χ0) is 15.5. The van der Waals surface area contributed by atoms with E-state index in [1.807, 2.05) is 35.8 Å². The number of methoxy groups -OCH3 is 1. The summed E-state index contributed by atoms with van der Waals surface area (Å²) in [5, 5.41) is 5.04. The number of rotatable bonds is 6. The van der Waals surface area contributed by atoms with Crippen molar-refractivity contribution in [3.05, 3.63) is 41.9 Å². The Hall–Kier alpha value is -1.86. The van der Waals surface area contributed by atoms with Gasteiger partial charge >= 0.3 is 0 Å². The normalized spacial score (nSPS) is 11.6. The molecule has 2 rings (SSSR count). The molecule has 114 valence electrons. The lowest BCUT2D eigenvalue weighted by Gasteiger charge is -2.07. The van der Waals surface area contributed by atoms with Crippen molar-refractivity contribution in [2.45, 2.75) is 31.3 Å². The molecule has 2 N–H and O–H groups in total. The molecule has 0 aliphatic rings. The average molecular weight is 309 g/mol. The minimum Gasteiger partial charge on any atom is -0.497 e. The number of aromatic nitrogens is 2. The summed E-state index contributed by atoms with van der Waals surface area (Å²) >= 11 is 0. The number of nitrogens with two attached hydrogens (primary N) is 1. The minimum atomic E-state index is -3.76. The summed E-state index contributed by atoms with van der Waals surface area (Å²) in [6.45, 7) is 2.58. The summed E-state index contributed by atoms with van der Waals surface area (Å²) in [6.07, 6.45) is 2.92. The second kappa shape index (κ2) is 6.28. The number of benzene rings is 1. The Morgan fingerprint density at radius 1 is 1.29 bits per heavy atom. The Bertz CT molecular complexity index is 706. The van der Waals surface area contributed by atoms with Crippen LogP contribution < -0.4 is 9.88 Å². The molecule has 0 unspecified atom stereocenters. The standard InChI is InChI=1S/C14H19N3O3S/c1-3-13-16-14(21(15,18)19)10-17(13)9-8-11-4-6-12(20-2)7-5-11/h4-7,10H,3,8-9H2,1-2H3,(H2,15,18,19). The Labute approximate surface area is 124 Å². The molecule has 21 heavy (non-hydrogen) atoms. The molecule has 0 radical (unpaired) electrons. The first-order valence-corrected chi connectivity index (χ1v) is 8.20. The Kier molecular flexibility index (Phi) is 4.64. The first-order valence-electron chi connectivity index (χ1n) is 6.66. The smallest absolute Gasteiger partial charge is 0.257 e. The van der Waals surface area contributed by atoms with Gasteiger partial charge in [-0.3, -0.25) is 0 Å². The quantitative estimate of drug-likeness (QED) is 0.872. The second-order valence-electron chi connectivity index (χ2n) is 4.69. The van der Waals surface area contributed by atoms with Gasteiger partial charge in [-0.2, -0.15) is 0 Å². The molecule has 7 heteroatoms. The largest absolute Gasteiger partial charge is 0.497 e. The van der Waals surface area contributed by atoms with Gasteiger partial charge in [0.05, 0.1) is 7.11 Å². The lowest BCUT2D eigenvalue weighted by molar-refractivity contribution is 0.414. The maximum atomic E-state index is 11.3. The van der Waals surface area contributed by atoms with Crippen LogP contribution in [-0.4, -0.2) is 25.1 Å². The lowest BCUT2D eigenvalue weighted by Crippen LogP contribution is -2.12. The molecule has 0 fully saturated rings. The van der Waals surface area contributed by atoms with Gasteiger partial charge in [0.2, 0.25) is 0 Å². The van der Waals surface area contributed by atoms with Gasteiger partial charge in [-0.05, 0) is 24.1 Å². The van der Waals surface area contributed by atoms with Crippen LogP contribution >= 0.6 is 0 Å². The van der Waals surface area contributed by atoms with Gasteiger partial charge in [0.15, 0.2) is 5.03 Å². The predicted molar refractivity (Wildman–Crippen MR) is 79.7 cm³/mol. The number of imidazole rings is 1. The molecule has 2 aromatic rings. The van der Waals surface area contributed by atoms with Crippen molar-refractivity contribution in [1.29, 1.82) is 0 Å². The molecule has 0 aliphatic carbocycles. The summed E-state index contributed by atoms with van der Waals surface area (Å²) in [6, 6.07) is 7.78. The Balaban J connectivity index is 2.13. The number of sulfonamides is 1. The highest BCUT2D eigenvalue weighted by atomic mass is 32.2. The molecular weight excluding hydrogens is 290 g/mol. The van der Waals surface area contributed by atoms with Crippen LogP contribution in [0.2, 0.25) is 0 Å². The SMILES string of the molecule is CCc1nc(S(N)(=O)=O)cn1CCc1ccc(OC)cc1. The van der Waals surface area contributed by atoms with E-state index < -0.39 is 10.0 Å². The fraction of sp³-hybridized carbons (Fsp3) is 0.357. The number of hydrogen-bond acceptors (Lipinski definition) is 4. The second-order valence-corrected chi connectivity index (χ2v) is 6.19. The monoisotopic (exact) mass is 309 g/mol. The average Bonchev–Trinajstić information content (AvgIpc) is 2.89. The van der Waals surface area contributed by atoms with Gasteiger partial charge in [0.1, 0.15) is 11.6 Å². The summed E-state index contributed by atoms with van der Waals surface area (Å²) in [5.41, 5.74) is 1.14. The zero-order valence-corrected chi connectivity index (χ0v) is 12.9. The van der Waals surface area contributed by atoms with Crippen LogP contribution in [0, 0.1) is 0 Å². The molecule has 0 aliphatic heterocycles. The molecule has 0 atom stereocenters. The van der Waals surface area contributed by atoms with Gasteiger partial charge in [0, 0.05) is 19.2 Å². The van der Waals surface area contributed by atoms with E-state index in [0.29, 0.717) is 18.8 Å². The predicted octanol–water partition coefficient (Wildman–Crippen LogP) is 1.34. The zero-order valence-electron chi connectivity index (χ0n) is 12.1. The van der Waals surface area contributed by atoms with E-state index in [1.54, 1.807) is 7.11 Å². The highest BCUT2D eigenvalue weighted by Crippen LogP contribution is 2.14.